The van der Waals surface area contributed by atoms with Gasteiger partial charge in [0, 0.05) is 0 Å². The fourth-order valence-corrected chi connectivity index (χ4v) is 9.49. The maximum absolute atomic E-state index is 2.52. The maximum Gasteiger partial charge on any atom is 0.0726 e. The molecule has 0 heteroatoms. The molecule has 0 aromatic heterocycles. The van der Waals surface area contributed by atoms with Gasteiger partial charge in [0.25, 0.3) is 0 Å². The van der Waals surface area contributed by atoms with Crippen molar-refractivity contribution in [2.45, 2.75) is 33.1 Å². The molecular formula is C53H40. The van der Waals surface area contributed by atoms with E-state index in [0.29, 0.717) is 0 Å². The average molecular weight is 677 g/mol. The third kappa shape index (κ3) is 4.62. The number of aryl methyl sites for hydroxylation is 4. The van der Waals surface area contributed by atoms with E-state index >= 15 is 0 Å². The van der Waals surface area contributed by atoms with Crippen molar-refractivity contribution in [1.82, 2.24) is 0 Å². The fraction of sp³-hybridized carbons (Fsp3) is 0.0943. The third-order valence-corrected chi connectivity index (χ3v) is 12.1. The Hall–Kier alpha value is -6.24. The van der Waals surface area contributed by atoms with Crippen molar-refractivity contribution < 1.29 is 0 Å². The summed E-state index contributed by atoms with van der Waals surface area (Å²) in [6.45, 7) is 8.91. The predicted octanol–water partition coefficient (Wildman–Crippen LogP) is 13.9. The number of benzene rings is 8. The van der Waals surface area contributed by atoms with Gasteiger partial charge in [-0.1, -0.05) is 146 Å². The molecule has 0 radical (unpaired) electrons. The molecule has 0 amide bonds. The van der Waals surface area contributed by atoms with Crippen molar-refractivity contribution in [1.29, 1.82) is 0 Å². The van der Waals surface area contributed by atoms with Gasteiger partial charge >= 0.3 is 0 Å². The van der Waals surface area contributed by atoms with Crippen molar-refractivity contribution in [2.75, 3.05) is 0 Å². The van der Waals surface area contributed by atoms with Crippen molar-refractivity contribution in [3.8, 4) is 66.8 Å². The second kappa shape index (κ2) is 11.9. The van der Waals surface area contributed by atoms with Gasteiger partial charge in [-0.15, -0.1) is 0 Å². The Kier molecular flexibility index (Phi) is 7.07. The Morgan fingerprint density at radius 1 is 0.245 bits per heavy atom. The first-order valence-corrected chi connectivity index (χ1v) is 18.8. The van der Waals surface area contributed by atoms with Gasteiger partial charge in [-0.25, -0.2) is 0 Å². The van der Waals surface area contributed by atoms with Crippen LogP contribution in [0.1, 0.15) is 44.5 Å². The molecule has 10 rings (SSSR count). The summed E-state index contributed by atoms with van der Waals surface area (Å²) in [6, 6.07) is 64.2. The molecule has 53 heavy (non-hydrogen) atoms. The van der Waals surface area contributed by atoms with Gasteiger partial charge in [0.15, 0.2) is 0 Å². The molecule has 2 aliphatic carbocycles. The van der Waals surface area contributed by atoms with Crippen LogP contribution in [0.25, 0.3) is 66.8 Å². The zero-order valence-electron chi connectivity index (χ0n) is 30.7. The molecule has 0 aliphatic heterocycles. The normalized spacial score (nSPS) is 13.1. The lowest BCUT2D eigenvalue weighted by atomic mass is 9.69. The molecule has 8 aromatic carbocycles. The summed E-state index contributed by atoms with van der Waals surface area (Å²) in [5, 5.41) is 0. The lowest BCUT2D eigenvalue weighted by molar-refractivity contribution is 0.795. The zero-order chi connectivity index (χ0) is 35.8. The molecule has 0 fully saturated rings. The van der Waals surface area contributed by atoms with Crippen LogP contribution < -0.4 is 0 Å². The number of rotatable bonds is 4. The third-order valence-electron chi connectivity index (χ3n) is 12.1. The highest BCUT2D eigenvalue weighted by molar-refractivity contribution is 5.98. The van der Waals surface area contributed by atoms with E-state index in [0.717, 1.165) is 0 Å². The first kappa shape index (κ1) is 31.5. The molecule has 0 N–H and O–H groups in total. The van der Waals surface area contributed by atoms with Crippen LogP contribution in [0.15, 0.2) is 170 Å². The quantitative estimate of drug-likeness (QED) is 0.174. The van der Waals surface area contributed by atoms with Gasteiger partial charge in [0.2, 0.25) is 0 Å². The lowest BCUT2D eigenvalue weighted by Gasteiger charge is -2.32. The van der Waals surface area contributed by atoms with Gasteiger partial charge in [-0.2, -0.15) is 0 Å². The van der Waals surface area contributed by atoms with E-state index in [2.05, 4.69) is 198 Å². The van der Waals surface area contributed by atoms with E-state index in [-0.39, 0.29) is 0 Å². The minimum absolute atomic E-state index is 0.524. The van der Waals surface area contributed by atoms with E-state index in [1.165, 1.54) is 111 Å². The Balaban J connectivity index is 1.35. The zero-order valence-corrected chi connectivity index (χ0v) is 30.7. The van der Waals surface area contributed by atoms with Crippen LogP contribution in [0.3, 0.4) is 0 Å². The standard InChI is InChI=1S/C53H40/c1-33-13-5-9-17-41(33)37-21-25-45-46-26-22-38(42-18-10-6-14-34(42)2)30-50(46)53(49(45)29-37)51-31-39(43-19-11-7-15-35(43)3)23-27-47(51)48-28-24-40(32-52(48)53)44-20-12-8-16-36(44)4/h5-32H,1-4H3. The summed E-state index contributed by atoms with van der Waals surface area (Å²) in [7, 11) is 0. The molecule has 252 valence electrons. The Bertz CT molecular complexity index is 2390. The van der Waals surface area contributed by atoms with Crippen LogP contribution in [-0.4, -0.2) is 0 Å². The van der Waals surface area contributed by atoms with Crippen molar-refractivity contribution in [3.05, 3.63) is 214 Å². The fourth-order valence-electron chi connectivity index (χ4n) is 9.49. The van der Waals surface area contributed by atoms with E-state index in [1.54, 1.807) is 0 Å². The summed E-state index contributed by atoms with van der Waals surface area (Å²) >= 11 is 0. The predicted molar refractivity (Wildman–Crippen MR) is 223 cm³/mol. The average Bonchev–Trinajstić information content (AvgIpc) is 3.64. The maximum atomic E-state index is 2.52. The van der Waals surface area contributed by atoms with Gasteiger partial charge in [-0.3, -0.25) is 0 Å². The minimum Gasteiger partial charge on any atom is -0.0620 e. The van der Waals surface area contributed by atoms with E-state index < -0.39 is 5.41 Å². The van der Waals surface area contributed by atoms with Gasteiger partial charge in [0.05, 0.1) is 5.41 Å². The van der Waals surface area contributed by atoms with Crippen LogP contribution in [0, 0.1) is 27.7 Å². The van der Waals surface area contributed by atoms with Crippen LogP contribution in [0.2, 0.25) is 0 Å². The summed E-state index contributed by atoms with van der Waals surface area (Å²) in [4.78, 5) is 0. The molecule has 0 nitrogen and oxygen atoms in total. The first-order chi connectivity index (χ1) is 25.9. The molecular weight excluding hydrogens is 637 g/mol. The summed E-state index contributed by atoms with van der Waals surface area (Å²) < 4.78 is 0. The molecule has 0 bridgehead atoms. The summed E-state index contributed by atoms with van der Waals surface area (Å²) in [5.41, 5.74) is 25.5. The highest BCUT2D eigenvalue weighted by Gasteiger charge is 2.52. The SMILES string of the molecule is Cc1ccccc1-c1ccc2c(c1)C1(c3cc(-c4ccccc4C)ccc3-2)c2cc(-c3ccccc3C)ccc2-c2ccc(-c3ccccc3C)cc21. The van der Waals surface area contributed by atoms with Crippen LogP contribution in [0.4, 0.5) is 0 Å². The molecule has 8 aromatic rings. The van der Waals surface area contributed by atoms with Gasteiger partial charge < -0.3 is 0 Å². The highest BCUT2D eigenvalue weighted by Crippen LogP contribution is 2.64. The second-order valence-corrected chi connectivity index (χ2v) is 15.1. The Labute approximate surface area is 313 Å². The van der Waals surface area contributed by atoms with Crippen molar-refractivity contribution >= 4 is 0 Å². The van der Waals surface area contributed by atoms with E-state index in [9.17, 15) is 0 Å². The Morgan fingerprint density at radius 2 is 0.472 bits per heavy atom. The Morgan fingerprint density at radius 3 is 0.698 bits per heavy atom. The van der Waals surface area contributed by atoms with Crippen molar-refractivity contribution in [2.24, 2.45) is 0 Å². The number of hydrogen-bond acceptors (Lipinski definition) is 0. The van der Waals surface area contributed by atoms with E-state index in [4.69, 9.17) is 0 Å². The number of hydrogen-bond donors (Lipinski definition) is 0. The second-order valence-electron chi connectivity index (χ2n) is 15.1. The van der Waals surface area contributed by atoms with Gasteiger partial charge in [-0.05, 0) is 163 Å². The largest absolute Gasteiger partial charge is 0.0726 e. The topological polar surface area (TPSA) is 0 Å². The number of fused-ring (bicyclic) bond motifs is 10. The van der Waals surface area contributed by atoms with Crippen molar-refractivity contribution in [3.63, 3.8) is 0 Å². The lowest BCUT2D eigenvalue weighted by Crippen LogP contribution is -2.26. The van der Waals surface area contributed by atoms with Crippen LogP contribution >= 0.6 is 0 Å². The summed E-state index contributed by atoms with van der Waals surface area (Å²) in [5.74, 6) is 0. The van der Waals surface area contributed by atoms with E-state index in [1.807, 2.05) is 0 Å². The molecule has 1 spiro atoms. The molecule has 0 saturated heterocycles. The monoisotopic (exact) mass is 676 g/mol. The van der Waals surface area contributed by atoms with Crippen LogP contribution in [-0.2, 0) is 5.41 Å². The molecule has 2 aliphatic rings. The smallest absolute Gasteiger partial charge is 0.0620 e. The first-order valence-electron chi connectivity index (χ1n) is 18.8. The molecule has 0 saturated carbocycles. The molecule has 0 heterocycles. The molecule has 0 atom stereocenters. The minimum atomic E-state index is -0.524. The highest BCUT2D eigenvalue weighted by atomic mass is 14.5. The summed E-state index contributed by atoms with van der Waals surface area (Å²) in [6.07, 6.45) is 0. The van der Waals surface area contributed by atoms with Crippen LogP contribution in [0.5, 0.6) is 0 Å². The van der Waals surface area contributed by atoms with Gasteiger partial charge in [0.1, 0.15) is 0 Å². The molecule has 0 unspecified atom stereocenters.